The van der Waals surface area contributed by atoms with Crippen LogP contribution in [0.1, 0.15) is 51.5 Å². The Hall–Kier alpha value is -1.28. The van der Waals surface area contributed by atoms with Gasteiger partial charge in [-0.3, -0.25) is 0 Å². The first kappa shape index (κ1) is 18.1. The van der Waals surface area contributed by atoms with Crippen LogP contribution in [0.2, 0.25) is 19.6 Å². The van der Waals surface area contributed by atoms with Gasteiger partial charge in [0.1, 0.15) is 0 Å². The molecule has 0 aromatic heterocycles. The average molecular weight is 329 g/mol. The van der Waals surface area contributed by atoms with Crippen molar-refractivity contribution in [2.75, 3.05) is 0 Å². The zero-order chi connectivity index (χ0) is 16.9. The maximum atomic E-state index is 6.58. The molecule has 0 aliphatic heterocycles. The minimum atomic E-state index is -1.61. The minimum absolute atomic E-state index is 0.669. The van der Waals surface area contributed by atoms with Gasteiger partial charge in [-0.25, -0.2) is 0 Å². The van der Waals surface area contributed by atoms with Crippen LogP contribution in [-0.4, -0.2) is 8.32 Å². The first-order valence-electron chi connectivity index (χ1n) is 8.97. The zero-order valence-electron chi connectivity index (χ0n) is 15.5. The summed E-state index contributed by atoms with van der Waals surface area (Å²) in [6, 6.07) is 10.8. The lowest BCUT2D eigenvalue weighted by Gasteiger charge is -2.28. The third-order valence-corrected chi connectivity index (χ3v) is 5.20. The molecule has 126 valence electrons. The van der Waals surface area contributed by atoms with Gasteiger partial charge in [-0.2, -0.15) is 0 Å². The van der Waals surface area contributed by atoms with Gasteiger partial charge in [-0.15, -0.1) is 0 Å². The van der Waals surface area contributed by atoms with Gasteiger partial charge in [0, 0.05) is 6.42 Å². The predicted octanol–water partition coefficient (Wildman–Crippen LogP) is 6.80. The first-order chi connectivity index (χ1) is 10.8. The molecule has 1 aliphatic carbocycles. The van der Waals surface area contributed by atoms with Gasteiger partial charge >= 0.3 is 0 Å². The molecule has 1 nitrogen and oxygen atoms in total. The average Bonchev–Trinajstić information content (AvgIpc) is 2.46. The van der Waals surface area contributed by atoms with Crippen molar-refractivity contribution >= 4 is 13.9 Å². The molecule has 0 saturated carbocycles. The van der Waals surface area contributed by atoms with Crippen LogP contribution < -0.4 is 0 Å². The highest BCUT2D eigenvalue weighted by atomic mass is 28.4. The maximum Gasteiger partial charge on any atom is 0.241 e. The van der Waals surface area contributed by atoms with Crippen molar-refractivity contribution < 1.29 is 4.43 Å². The highest BCUT2D eigenvalue weighted by Crippen LogP contribution is 2.33. The Balaban J connectivity index is 2.44. The van der Waals surface area contributed by atoms with Crippen LogP contribution in [-0.2, 0) is 4.43 Å². The molecule has 1 aromatic rings. The quantitative estimate of drug-likeness (QED) is 0.438. The van der Waals surface area contributed by atoms with E-state index in [0.29, 0.717) is 5.92 Å². The molecule has 0 amide bonds. The van der Waals surface area contributed by atoms with E-state index in [1.165, 1.54) is 35.3 Å². The standard InChI is InChI=1S/C21H32OSi/c1-17-10-9-11-18(2)16-21(22-23(3,4)5)20(15-14-17)19-12-7-6-8-13-19/h6-8,10,12-13,18H,9,11,14-16H2,1-5H3/b17-10+,21-20+. The number of rotatable bonds is 3. The van der Waals surface area contributed by atoms with E-state index in [0.717, 1.165) is 19.3 Å². The van der Waals surface area contributed by atoms with Crippen LogP contribution in [0.15, 0.2) is 47.7 Å². The first-order valence-corrected chi connectivity index (χ1v) is 12.4. The highest BCUT2D eigenvalue weighted by molar-refractivity contribution is 6.70. The van der Waals surface area contributed by atoms with E-state index in [-0.39, 0.29) is 0 Å². The molecule has 1 aromatic carbocycles. The monoisotopic (exact) mass is 328 g/mol. The van der Waals surface area contributed by atoms with E-state index >= 15 is 0 Å². The van der Waals surface area contributed by atoms with E-state index in [9.17, 15) is 0 Å². The molecule has 0 fully saturated rings. The summed E-state index contributed by atoms with van der Waals surface area (Å²) in [4.78, 5) is 0. The third kappa shape index (κ3) is 6.02. The molecule has 0 bridgehead atoms. The van der Waals surface area contributed by atoms with E-state index in [4.69, 9.17) is 4.43 Å². The molecule has 2 heteroatoms. The van der Waals surface area contributed by atoms with Crippen molar-refractivity contribution in [1.29, 1.82) is 0 Å². The Morgan fingerprint density at radius 2 is 1.74 bits per heavy atom. The summed E-state index contributed by atoms with van der Waals surface area (Å²) in [6.45, 7) is 11.5. The molecular formula is C21H32OSi. The third-order valence-electron chi connectivity index (χ3n) is 4.34. The lowest BCUT2D eigenvalue weighted by molar-refractivity contribution is 0.362. The summed E-state index contributed by atoms with van der Waals surface area (Å²) in [6.07, 6.45) is 8.17. The highest BCUT2D eigenvalue weighted by Gasteiger charge is 2.22. The van der Waals surface area contributed by atoms with Gasteiger partial charge in [-0.05, 0) is 69.3 Å². The molecule has 0 heterocycles. The fraction of sp³-hybridized carbons (Fsp3) is 0.524. The number of hydrogen-bond acceptors (Lipinski definition) is 1. The molecule has 0 spiro atoms. The van der Waals surface area contributed by atoms with E-state index in [1.54, 1.807) is 0 Å². The van der Waals surface area contributed by atoms with Crippen LogP contribution in [0.3, 0.4) is 0 Å². The Morgan fingerprint density at radius 3 is 2.39 bits per heavy atom. The maximum absolute atomic E-state index is 6.58. The second-order valence-electron chi connectivity index (χ2n) is 7.92. The molecule has 0 N–H and O–H groups in total. The van der Waals surface area contributed by atoms with Crippen molar-refractivity contribution in [2.45, 2.75) is 65.6 Å². The summed E-state index contributed by atoms with van der Waals surface area (Å²) < 4.78 is 6.58. The van der Waals surface area contributed by atoms with Crippen molar-refractivity contribution in [3.05, 3.63) is 53.3 Å². The Kier molecular flexibility index (Phi) is 6.29. The van der Waals surface area contributed by atoms with Crippen molar-refractivity contribution in [2.24, 2.45) is 5.92 Å². The fourth-order valence-electron chi connectivity index (χ4n) is 3.14. The number of benzene rings is 1. The van der Waals surface area contributed by atoms with Gasteiger partial charge in [0.05, 0.1) is 5.76 Å². The molecule has 0 saturated heterocycles. The Morgan fingerprint density at radius 1 is 1.04 bits per heavy atom. The van der Waals surface area contributed by atoms with E-state index < -0.39 is 8.32 Å². The van der Waals surface area contributed by atoms with Gasteiger partial charge < -0.3 is 4.43 Å². The molecule has 1 aliphatic rings. The number of allylic oxidation sites excluding steroid dienone is 4. The molecule has 0 radical (unpaired) electrons. The minimum Gasteiger partial charge on any atom is -0.547 e. The van der Waals surface area contributed by atoms with Crippen molar-refractivity contribution in [3.63, 3.8) is 0 Å². The molecule has 1 atom stereocenters. The second kappa shape index (κ2) is 8.01. The number of hydrogen-bond donors (Lipinski definition) is 0. The fourth-order valence-corrected chi connectivity index (χ4v) is 4.08. The normalized spacial score (nSPS) is 26.3. The van der Waals surface area contributed by atoms with Crippen molar-refractivity contribution in [1.82, 2.24) is 0 Å². The lowest BCUT2D eigenvalue weighted by Crippen LogP contribution is -2.26. The van der Waals surface area contributed by atoms with Crippen LogP contribution >= 0.6 is 0 Å². The predicted molar refractivity (Wildman–Crippen MR) is 104 cm³/mol. The van der Waals surface area contributed by atoms with Crippen LogP contribution in [0.25, 0.3) is 5.57 Å². The van der Waals surface area contributed by atoms with Crippen molar-refractivity contribution in [3.8, 4) is 0 Å². The van der Waals surface area contributed by atoms with Gasteiger partial charge in [-0.1, -0.05) is 48.9 Å². The van der Waals surface area contributed by atoms with Crippen LogP contribution in [0.5, 0.6) is 0 Å². The van der Waals surface area contributed by atoms with Gasteiger partial charge in [0.25, 0.3) is 0 Å². The second-order valence-corrected chi connectivity index (χ2v) is 12.3. The summed E-state index contributed by atoms with van der Waals surface area (Å²) in [5, 5.41) is 0. The van der Waals surface area contributed by atoms with Gasteiger partial charge in [0.2, 0.25) is 8.32 Å². The summed E-state index contributed by atoms with van der Waals surface area (Å²) in [7, 11) is -1.61. The van der Waals surface area contributed by atoms with Gasteiger partial charge in [0.15, 0.2) is 0 Å². The molecule has 2 rings (SSSR count). The largest absolute Gasteiger partial charge is 0.547 e. The van der Waals surface area contributed by atoms with E-state index in [2.05, 4.69) is 69.9 Å². The van der Waals surface area contributed by atoms with E-state index in [1.807, 2.05) is 0 Å². The summed E-state index contributed by atoms with van der Waals surface area (Å²) >= 11 is 0. The zero-order valence-corrected chi connectivity index (χ0v) is 16.5. The lowest BCUT2D eigenvalue weighted by atomic mass is 9.90. The Labute approximate surface area is 143 Å². The Bertz CT molecular complexity index is 563. The molecular weight excluding hydrogens is 296 g/mol. The topological polar surface area (TPSA) is 9.23 Å². The smallest absolute Gasteiger partial charge is 0.241 e. The van der Waals surface area contributed by atoms with Crippen LogP contribution in [0, 0.1) is 5.92 Å². The SMILES string of the molecule is C/C1=C\CCC(C)C/C(O[Si](C)(C)C)=C(\c2ccccc2)CC1. The summed E-state index contributed by atoms with van der Waals surface area (Å²) in [5.74, 6) is 1.93. The molecule has 23 heavy (non-hydrogen) atoms. The molecule has 1 unspecified atom stereocenters. The van der Waals surface area contributed by atoms with Crippen LogP contribution in [0.4, 0.5) is 0 Å². The summed E-state index contributed by atoms with van der Waals surface area (Å²) in [5.41, 5.74) is 4.27.